The van der Waals surface area contributed by atoms with Crippen LogP contribution in [0.2, 0.25) is 0 Å². The van der Waals surface area contributed by atoms with Gasteiger partial charge in [0, 0.05) is 27.1 Å². The molecule has 0 radical (unpaired) electrons. The minimum atomic E-state index is -0.300. The molecule has 0 spiro atoms. The molecule has 0 aliphatic carbocycles. The second-order valence-electron chi connectivity index (χ2n) is 6.05. The van der Waals surface area contributed by atoms with Crippen LogP contribution in [0.1, 0.15) is 30.1 Å². The molecule has 5 nitrogen and oxygen atoms in total. The Bertz CT molecular complexity index is 932. The molecule has 0 saturated heterocycles. The van der Waals surface area contributed by atoms with Crippen LogP contribution in [0.25, 0.3) is 22.8 Å². The lowest BCUT2D eigenvalue weighted by molar-refractivity contribution is 0.0500. The quantitative estimate of drug-likeness (QED) is 0.330. The SMILES string of the molecule is CCCCOC(=O)c1ccc(-c2nc(-c3c(Br)cccc3Br)nn2C)cc1. The van der Waals surface area contributed by atoms with Crippen LogP contribution in [0.15, 0.2) is 51.4 Å². The summed E-state index contributed by atoms with van der Waals surface area (Å²) >= 11 is 7.11. The van der Waals surface area contributed by atoms with Crippen LogP contribution in [-0.2, 0) is 11.8 Å². The average Bonchev–Trinajstić information content (AvgIpc) is 3.03. The Morgan fingerprint density at radius 3 is 2.41 bits per heavy atom. The first-order chi connectivity index (χ1) is 13.0. The van der Waals surface area contributed by atoms with E-state index in [4.69, 9.17) is 4.74 Å². The first kappa shape index (κ1) is 19.8. The van der Waals surface area contributed by atoms with Gasteiger partial charge in [-0.1, -0.05) is 31.5 Å². The van der Waals surface area contributed by atoms with E-state index < -0.39 is 0 Å². The molecule has 3 rings (SSSR count). The van der Waals surface area contributed by atoms with Crippen LogP contribution in [0.3, 0.4) is 0 Å². The number of benzene rings is 2. The summed E-state index contributed by atoms with van der Waals surface area (Å²) in [6.07, 6.45) is 1.87. The van der Waals surface area contributed by atoms with E-state index in [0.717, 1.165) is 38.7 Å². The van der Waals surface area contributed by atoms with E-state index in [9.17, 15) is 4.79 Å². The van der Waals surface area contributed by atoms with E-state index in [1.165, 1.54) is 0 Å². The molecule has 1 heterocycles. The Morgan fingerprint density at radius 2 is 1.78 bits per heavy atom. The highest BCUT2D eigenvalue weighted by molar-refractivity contribution is 9.11. The standard InChI is InChI=1S/C20H19Br2N3O2/c1-3-4-12-27-20(26)14-10-8-13(9-11-14)19-23-18(24-25(19)2)17-15(21)6-5-7-16(17)22/h5-11H,3-4,12H2,1-2H3. The summed E-state index contributed by atoms with van der Waals surface area (Å²) in [4.78, 5) is 16.7. The monoisotopic (exact) mass is 491 g/mol. The molecule has 0 amide bonds. The molecule has 0 unspecified atom stereocenters. The normalized spacial score (nSPS) is 10.8. The van der Waals surface area contributed by atoms with E-state index in [1.807, 2.05) is 37.4 Å². The van der Waals surface area contributed by atoms with Crippen molar-refractivity contribution in [3.63, 3.8) is 0 Å². The Kier molecular flexibility index (Phi) is 6.44. The Morgan fingerprint density at radius 1 is 1.11 bits per heavy atom. The van der Waals surface area contributed by atoms with E-state index >= 15 is 0 Å². The molecular formula is C20H19Br2N3O2. The third kappa shape index (κ3) is 4.47. The number of aryl methyl sites for hydroxylation is 1. The number of carbonyl (C=O) groups is 1. The van der Waals surface area contributed by atoms with Gasteiger partial charge in [-0.25, -0.2) is 14.5 Å². The smallest absolute Gasteiger partial charge is 0.338 e. The van der Waals surface area contributed by atoms with Gasteiger partial charge in [0.1, 0.15) is 0 Å². The topological polar surface area (TPSA) is 57.0 Å². The highest BCUT2D eigenvalue weighted by Gasteiger charge is 2.16. The molecule has 0 saturated carbocycles. The van der Waals surface area contributed by atoms with Crippen molar-refractivity contribution in [2.45, 2.75) is 19.8 Å². The molecule has 0 aliphatic rings. The first-order valence-electron chi connectivity index (χ1n) is 8.64. The van der Waals surface area contributed by atoms with E-state index in [2.05, 4.69) is 48.9 Å². The van der Waals surface area contributed by atoms with Crippen molar-refractivity contribution >= 4 is 37.8 Å². The minimum Gasteiger partial charge on any atom is -0.462 e. The fraction of sp³-hybridized carbons (Fsp3) is 0.250. The maximum Gasteiger partial charge on any atom is 0.338 e. The number of rotatable bonds is 6. The number of hydrogen-bond donors (Lipinski definition) is 0. The highest BCUT2D eigenvalue weighted by Crippen LogP contribution is 2.34. The number of hydrogen-bond acceptors (Lipinski definition) is 4. The van der Waals surface area contributed by atoms with Gasteiger partial charge in [0.15, 0.2) is 11.6 Å². The molecule has 0 bridgehead atoms. The number of unbranched alkanes of at least 4 members (excludes halogenated alkanes) is 1. The predicted octanol–water partition coefficient (Wildman–Crippen LogP) is 5.63. The highest BCUT2D eigenvalue weighted by atomic mass is 79.9. The third-order valence-corrected chi connectivity index (χ3v) is 5.38. The van der Waals surface area contributed by atoms with Crippen LogP contribution in [-0.4, -0.2) is 27.3 Å². The van der Waals surface area contributed by atoms with Crippen molar-refractivity contribution in [3.05, 3.63) is 57.0 Å². The maximum absolute atomic E-state index is 12.0. The van der Waals surface area contributed by atoms with Gasteiger partial charge < -0.3 is 4.74 Å². The van der Waals surface area contributed by atoms with Crippen molar-refractivity contribution in [3.8, 4) is 22.8 Å². The lowest BCUT2D eigenvalue weighted by atomic mass is 10.1. The second kappa shape index (κ2) is 8.80. The number of halogens is 2. The summed E-state index contributed by atoms with van der Waals surface area (Å²) in [5.41, 5.74) is 2.31. The number of ether oxygens (including phenoxy) is 1. The summed E-state index contributed by atoms with van der Waals surface area (Å²) in [5, 5.41) is 4.54. The molecule has 27 heavy (non-hydrogen) atoms. The van der Waals surface area contributed by atoms with E-state index in [-0.39, 0.29) is 5.97 Å². The zero-order chi connectivity index (χ0) is 19.4. The van der Waals surface area contributed by atoms with Gasteiger partial charge >= 0.3 is 5.97 Å². The molecule has 0 aliphatic heterocycles. The summed E-state index contributed by atoms with van der Waals surface area (Å²) in [6, 6.07) is 13.1. The average molecular weight is 493 g/mol. The van der Waals surface area contributed by atoms with Gasteiger partial charge in [-0.2, -0.15) is 5.10 Å². The van der Waals surface area contributed by atoms with Crippen molar-refractivity contribution in [1.82, 2.24) is 14.8 Å². The van der Waals surface area contributed by atoms with Crippen LogP contribution >= 0.6 is 31.9 Å². The van der Waals surface area contributed by atoms with Crippen molar-refractivity contribution < 1.29 is 9.53 Å². The van der Waals surface area contributed by atoms with E-state index in [0.29, 0.717) is 18.0 Å². The molecule has 3 aromatic rings. The van der Waals surface area contributed by atoms with Gasteiger partial charge in [-0.15, -0.1) is 0 Å². The van der Waals surface area contributed by atoms with E-state index in [1.54, 1.807) is 16.8 Å². The summed E-state index contributed by atoms with van der Waals surface area (Å²) in [5.74, 6) is 1.04. The molecular weight excluding hydrogens is 474 g/mol. The Labute approximate surface area is 175 Å². The predicted molar refractivity (Wildman–Crippen MR) is 112 cm³/mol. The van der Waals surface area contributed by atoms with Crippen LogP contribution in [0.4, 0.5) is 0 Å². The number of carbonyl (C=O) groups excluding carboxylic acids is 1. The molecule has 0 fully saturated rings. The van der Waals surface area contributed by atoms with Gasteiger partial charge in [0.25, 0.3) is 0 Å². The van der Waals surface area contributed by atoms with Crippen LogP contribution < -0.4 is 0 Å². The molecule has 1 aromatic heterocycles. The van der Waals surface area contributed by atoms with Crippen molar-refractivity contribution in [2.24, 2.45) is 7.05 Å². The largest absolute Gasteiger partial charge is 0.462 e. The van der Waals surface area contributed by atoms with Gasteiger partial charge in [-0.3, -0.25) is 0 Å². The fourth-order valence-corrected chi connectivity index (χ4v) is 3.95. The summed E-state index contributed by atoms with van der Waals surface area (Å²) < 4.78 is 8.81. The number of esters is 1. The molecule has 7 heteroatoms. The number of nitrogens with zero attached hydrogens (tertiary/aromatic N) is 3. The van der Waals surface area contributed by atoms with Crippen LogP contribution in [0, 0.1) is 0 Å². The minimum absolute atomic E-state index is 0.300. The van der Waals surface area contributed by atoms with Crippen LogP contribution in [0.5, 0.6) is 0 Å². The Balaban J connectivity index is 1.85. The molecule has 140 valence electrons. The molecule has 0 N–H and O–H groups in total. The Hall–Kier alpha value is -1.99. The zero-order valence-corrected chi connectivity index (χ0v) is 18.2. The molecule has 2 aromatic carbocycles. The summed E-state index contributed by atoms with van der Waals surface area (Å²) in [6.45, 7) is 2.51. The lowest BCUT2D eigenvalue weighted by Gasteiger charge is -2.05. The fourth-order valence-electron chi connectivity index (χ4n) is 2.60. The maximum atomic E-state index is 12.0. The third-order valence-electron chi connectivity index (χ3n) is 4.06. The van der Waals surface area contributed by atoms with Gasteiger partial charge in [0.05, 0.1) is 12.2 Å². The zero-order valence-electron chi connectivity index (χ0n) is 15.1. The molecule has 0 atom stereocenters. The van der Waals surface area contributed by atoms with Gasteiger partial charge in [-0.05, 0) is 62.5 Å². The van der Waals surface area contributed by atoms with Gasteiger partial charge in [0.2, 0.25) is 0 Å². The lowest BCUT2D eigenvalue weighted by Crippen LogP contribution is -2.06. The summed E-state index contributed by atoms with van der Waals surface area (Å²) in [7, 11) is 1.85. The second-order valence-corrected chi connectivity index (χ2v) is 7.75. The van der Waals surface area contributed by atoms with Crippen molar-refractivity contribution in [1.29, 1.82) is 0 Å². The van der Waals surface area contributed by atoms with Crippen molar-refractivity contribution in [2.75, 3.05) is 6.61 Å². The number of aromatic nitrogens is 3. The first-order valence-corrected chi connectivity index (χ1v) is 10.2.